The maximum absolute atomic E-state index is 12.5. The van der Waals surface area contributed by atoms with Crippen LogP contribution in [-0.4, -0.2) is 60.5 Å². The molecule has 2 aliphatic heterocycles. The van der Waals surface area contributed by atoms with Crippen LogP contribution in [0.2, 0.25) is 0 Å². The van der Waals surface area contributed by atoms with Crippen LogP contribution >= 0.6 is 0 Å². The molecule has 0 atom stereocenters. The maximum Gasteiger partial charge on any atom is 0.326 e. The number of nitrogens with zero attached hydrogens (tertiary/aromatic N) is 2. The van der Waals surface area contributed by atoms with Gasteiger partial charge < -0.3 is 20.3 Å². The number of anilines is 2. The summed E-state index contributed by atoms with van der Waals surface area (Å²) in [6, 6.07) is 6.93. The summed E-state index contributed by atoms with van der Waals surface area (Å²) >= 11 is 0. The van der Waals surface area contributed by atoms with Crippen LogP contribution in [0.1, 0.15) is 38.5 Å². The highest BCUT2D eigenvalue weighted by molar-refractivity contribution is 6.09. The lowest BCUT2D eigenvalue weighted by Gasteiger charge is -2.19. The molecule has 0 radical (unpaired) electrons. The van der Waals surface area contributed by atoms with E-state index in [1.54, 1.807) is 0 Å². The fourth-order valence-electron chi connectivity index (χ4n) is 4.39. The number of amides is 4. The summed E-state index contributed by atoms with van der Waals surface area (Å²) in [5, 5.41) is 5.37. The van der Waals surface area contributed by atoms with Crippen LogP contribution in [0.15, 0.2) is 24.3 Å². The van der Waals surface area contributed by atoms with Gasteiger partial charge in [-0.05, 0) is 49.9 Å². The largest absolute Gasteiger partial charge is 0.454 e. The number of nitrogens with one attached hydrogen (secondary N) is 2. The second-order valence-electron chi connectivity index (χ2n) is 8.06. The van der Waals surface area contributed by atoms with Gasteiger partial charge in [-0.2, -0.15) is 0 Å². The zero-order valence-electron chi connectivity index (χ0n) is 16.8. The zero-order valence-corrected chi connectivity index (χ0v) is 16.8. The van der Waals surface area contributed by atoms with Crippen LogP contribution in [0.3, 0.4) is 0 Å². The first kappa shape index (κ1) is 20.2. The molecule has 160 valence electrons. The second kappa shape index (κ2) is 8.33. The molecule has 0 aromatic heterocycles. The van der Waals surface area contributed by atoms with Crippen molar-refractivity contribution in [3.05, 3.63) is 24.3 Å². The lowest BCUT2D eigenvalue weighted by atomic mass is 9.98. The Bertz CT molecular complexity index is 841. The molecule has 4 amide bonds. The molecular weight excluding hydrogens is 388 g/mol. The quantitative estimate of drug-likeness (QED) is 0.541. The molecule has 30 heavy (non-hydrogen) atoms. The van der Waals surface area contributed by atoms with Crippen LogP contribution < -0.4 is 15.5 Å². The third kappa shape index (κ3) is 4.10. The van der Waals surface area contributed by atoms with Gasteiger partial charge in [-0.1, -0.05) is 12.8 Å². The normalized spacial score (nSPS) is 20.0. The average Bonchev–Trinajstić information content (AvgIpc) is 3.47. The van der Waals surface area contributed by atoms with Crippen molar-refractivity contribution in [1.82, 2.24) is 10.2 Å². The van der Waals surface area contributed by atoms with E-state index in [2.05, 4.69) is 15.5 Å². The van der Waals surface area contributed by atoms with Crippen LogP contribution in [0, 0.1) is 0 Å². The highest BCUT2D eigenvalue weighted by Gasteiger charge is 2.52. The molecule has 1 aliphatic carbocycles. The topological polar surface area (TPSA) is 108 Å². The SMILES string of the molecule is O=C(COC(=O)CN1C(=O)NC2(CCCC2)C1=O)Nc1ccc(N2CCCC2)cc1. The van der Waals surface area contributed by atoms with Crippen LogP contribution in [0.4, 0.5) is 16.2 Å². The molecule has 0 bridgehead atoms. The van der Waals surface area contributed by atoms with E-state index < -0.39 is 36.6 Å². The summed E-state index contributed by atoms with van der Waals surface area (Å²) in [5.41, 5.74) is 0.859. The zero-order chi connectivity index (χ0) is 21.1. The summed E-state index contributed by atoms with van der Waals surface area (Å²) in [4.78, 5) is 51.9. The minimum Gasteiger partial charge on any atom is -0.454 e. The van der Waals surface area contributed by atoms with E-state index in [1.165, 1.54) is 12.8 Å². The number of ether oxygens (including phenoxy) is 1. The van der Waals surface area contributed by atoms with E-state index in [4.69, 9.17) is 4.74 Å². The van der Waals surface area contributed by atoms with Gasteiger partial charge in [-0.15, -0.1) is 0 Å². The Labute approximate surface area is 174 Å². The molecule has 1 aromatic rings. The summed E-state index contributed by atoms with van der Waals surface area (Å²) < 4.78 is 4.96. The Morgan fingerprint density at radius 3 is 2.37 bits per heavy atom. The monoisotopic (exact) mass is 414 g/mol. The van der Waals surface area contributed by atoms with Crippen molar-refractivity contribution in [1.29, 1.82) is 0 Å². The molecule has 1 aromatic carbocycles. The fourth-order valence-corrected chi connectivity index (χ4v) is 4.39. The standard InChI is InChI=1S/C21H26N4O5/c26-17(22-15-5-7-16(8-6-15)24-11-3-4-12-24)14-30-18(27)13-25-19(28)21(23-20(25)29)9-1-2-10-21/h5-8H,1-4,9-14H2,(H,22,26)(H,23,29). The molecule has 9 nitrogen and oxygen atoms in total. The molecule has 1 saturated carbocycles. The third-order valence-electron chi connectivity index (χ3n) is 5.98. The van der Waals surface area contributed by atoms with Gasteiger partial charge in [-0.3, -0.25) is 19.3 Å². The second-order valence-corrected chi connectivity index (χ2v) is 8.06. The molecule has 2 N–H and O–H groups in total. The summed E-state index contributed by atoms with van der Waals surface area (Å²) in [7, 11) is 0. The minimum absolute atomic E-state index is 0.385. The number of carbonyl (C=O) groups excluding carboxylic acids is 4. The molecule has 4 rings (SSSR count). The molecule has 9 heteroatoms. The Morgan fingerprint density at radius 1 is 1.03 bits per heavy atom. The Morgan fingerprint density at radius 2 is 1.70 bits per heavy atom. The molecule has 3 fully saturated rings. The van der Waals surface area contributed by atoms with Gasteiger partial charge in [0.05, 0.1) is 0 Å². The Hall–Kier alpha value is -3.10. The lowest BCUT2D eigenvalue weighted by molar-refractivity contribution is -0.150. The van der Waals surface area contributed by atoms with Gasteiger partial charge in [0.15, 0.2) is 6.61 Å². The van der Waals surface area contributed by atoms with E-state index in [0.29, 0.717) is 18.5 Å². The summed E-state index contributed by atoms with van der Waals surface area (Å²) in [6.45, 7) is 1.10. The molecule has 1 spiro atoms. The van der Waals surface area contributed by atoms with Crippen LogP contribution in [0.25, 0.3) is 0 Å². The van der Waals surface area contributed by atoms with E-state index in [-0.39, 0.29) is 5.91 Å². The van der Waals surface area contributed by atoms with Gasteiger partial charge in [0.25, 0.3) is 11.8 Å². The summed E-state index contributed by atoms with van der Waals surface area (Å²) in [5.74, 6) is -1.67. The van der Waals surface area contributed by atoms with Gasteiger partial charge in [0.2, 0.25) is 0 Å². The van der Waals surface area contributed by atoms with Crippen molar-refractivity contribution in [2.75, 3.05) is 36.5 Å². The molecule has 3 aliphatic rings. The average molecular weight is 414 g/mol. The van der Waals surface area contributed by atoms with Crippen LogP contribution in [-0.2, 0) is 19.1 Å². The van der Waals surface area contributed by atoms with Crippen molar-refractivity contribution in [2.24, 2.45) is 0 Å². The van der Waals surface area contributed by atoms with E-state index in [0.717, 1.165) is 36.5 Å². The van der Waals surface area contributed by atoms with Crippen molar-refractivity contribution in [3.8, 4) is 0 Å². The number of hydrogen-bond acceptors (Lipinski definition) is 6. The number of imide groups is 1. The first-order valence-electron chi connectivity index (χ1n) is 10.4. The Kier molecular flexibility index (Phi) is 5.61. The predicted octanol–water partition coefficient (Wildman–Crippen LogP) is 1.63. The summed E-state index contributed by atoms with van der Waals surface area (Å²) in [6.07, 6.45) is 5.28. The van der Waals surface area contributed by atoms with Gasteiger partial charge in [0, 0.05) is 24.5 Å². The molecule has 2 saturated heterocycles. The highest BCUT2D eigenvalue weighted by Crippen LogP contribution is 2.34. The fraction of sp³-hybridized carbons (Fsp3) is 0.524. The van der Waals surface area contributed by atoms with Crippen molar-refractivity contribution < 1.29 is 23.9 Å². The number of rotatable bonds is 6. The molecular formula is C21H26N4O5. The first-order chi connectivity index (χ1) is 14.5. The van der Waals surface area contributed by atoms with Crippen molar-refractivity contribution >= 4 is 35.2 Å². The first-order valence-corrected chi connectivity index (χ1v) is 10.4. The number of benzene rings is 1. The van der Waals surface area contributed by atoms with E-state index >= 15 is 0 Å². The third-order valence-corrected chi connectivity index (χ3v) is 5.98. The van der Waals surface area contributed by atoms with E-state index in [1.807, 2.05) is 24.3 Å². The lowest BCUT2D eigenvalue weighted by Crippen LogP contribution is -2.44. The van der Waals surface area contributed by atoms with Gasteiger partial charge in [0.1, 0.15) is 12.1 Å². The van der Waals surface area contributed by atoms with Crippen LogP contribution in [0.5, 0.6) is 0 Å². The minimum atomic E-state index is -0.865. The number of hydrogen-bond donors (Lipinski definition) is 2. The molecule has 2 heterocycles. The predicted molar refractivity (Wildman–Crippen MR) is 109 cm³/mol. The smallest absolute Gasteiger partial charge is 0.326 e. The number of urea groups is 1. The maximum atomic E-state index is 12.5. The number of carbonyl (C=O) groups is 4. The molecule has 0 unspecified atom stereocenters. The van der Waals surface area contributed by atoms with Gasteiger partial charge >= 0.3 is 12.0 Å². The van der Waals surface area contributed by atoms with E-state index in [9.17, 15) is 19.2 Å². The van der Waals surface area contributed by atoms with Gasteiger partial charge in [-0.25, -0.2) is 4.79 Å². The Balaban J connectivity index is 1.23. The van der Waals surface area contributed by atoms with Crippen molar-refractivity contribution in [2.45, 2.75) is 44.1 Å². The number of esters is 1. The van der Waals surface area contributed by atoms with Crippen molar-refractivity contribution in [3.63, 3.8) is 0 Å². The highest BCUT2D eigenvalue weighted by atomic mass is 16.5.